The van der Waals surface area contributed by atoms with E-state index in [1.807, 2.05) is 26.1 Å². The van der Waals surface area contributed by atoms with Gasteiger partial charge in [0, 0.05) is 12.2 Å². The summed E-state index contributed by atoms with van der Waals surface area (Å²) in [5, 5.41) is 7.01. The number of hydrogen-bond acceptors (Lipinski definition) is 6. The second kappa shape index (κ2) is 6.78. The lowest BCUT2D eigenvalue weighted by Gasteiger charge is -2.18. The molecule has 7 heteroatoms. The van der Waals surface area contributed by atoms with Crippen molar-refractivity contribution < 1.29 is 4.74 Å². The molecule has 1 unspecified atom stereocenters. The summed E-state index contributed by atoms with van der Waals surface area (Å²) in [7, 11) is 0. The molecule has 2 aromatic heterocycles. The third-order valence-electron chi connectivity index (χ3n) is 3.66. The van der Waals surface area contributed by atoms with Crippen molar-refractivity contribution in [1.29, 1.82) is 0 Å². The first-order chi connectivity index (χ1) is 11.0. The van der Waals surface area contributed by atoms with Crippen LogP contribution < -0.4 is 10.6 Å². The quantitative estimate of drug-likeness (QED) is 0.876. The Hall–Kier alpha value is -1.76. The van der Waals surface area contributed by atoms with E-state index in [0.717, 1.165) is 19.4 Å². The minimum atomic E-state index is -0.213. The summed E-state index contributed by atoms with van der Waals surface area (Å²) in [6.07, 6.45) is 6.95. The highest BCUT2D eigenvalue weighted by molar-refractivity contribution is 6.30. The van der Waals surface area contributed by atoms with Crippen LogP contribution in [0.4, 0.5) is 11.8 Å². The molecular weight excluding hydrogens is 314 g/mol. The van der Waals surface area contributed by atoms with Gasteiger partial charge in [0.1, 0.15) is 11.5 Å². The molecule has 1 aliphatic rings. The summed E-state index contributed by atoms with van der Waals surface area (Å²) in [6, 6.07) is 4.38. The van der Waals surface area contributed by atoms with E-state index in [4.69, 9.17) is 16.3 Å². The third kappa shape index (κ3) is 4.60. The second-order valence-corrected chi connectivity index (χ2v) is 6.54. The third-order valence-corrected chi connectivity index (χ3v) is 3.86. The highest BCUT2D eigenvalue weighted by Gasteiger charge is 2.30. The molecule has 0 spiro atoms. The van der Waals surface area contributed by atoms with Crippen LogP contribution in [0.5, 0.6) is 0 Å². The molecule has 0 amide bonds. The Morgan fingerprint density at radius 3 is 2.65 bits per heavy atom. The molecule has 0 bridgehead atoms. The summed E-state index contributed by atoms with van der Waals surface area (Å²) >= 11 is 5.76. The van der Waals surface area contributed by atoms with E-state index in [2.05, 4.69) is 31.7 Å². The van der Waals surface area contributed by atoms with Crippen molar-refractivity contribution in [1.82, 2.24) is 20.3 Å². The van der Waals surface area contributed by atoms with Gasteiger partial charge in [-0.25, -0.2) is 15.0 Å². The Morgan fingerprint density at radius 1 is 1.26 bits per heavy atom. The predicted octanol–water partition coefficient (Wildman–Crippen LogP) is 2.93. The fourth-order valence-corrected chi connectivity index (χ4v) is 2.62. The molecular formula is C16H20ClN5O. The van der Waals surface area contributed by atoms with Crippen LogP contribution >= 0.6 is 11.6 Å². The van der Waals surface area contributed by atoms with Gasteiger partial charge in [-0.2, -0.15) is 0 Å². The number of pyridine rings is 1. The number of ether oxygens (including phenoxy) is 1. The van der Waals surface area contributed by atoms with Gasteiger partial charge in [-0.1, -0.05) is 17.7 Å². The molecule has 1 aliphatic heterocycles. The fourth-order valence-electron chi connectivity index (χ4n) is 2.52. The zero-order chi connectivity index (χ0) is 16.3. The Labute approximate surface area is 140 Å². The van der Waals surface area contributed by atoms with Crippen molar-refractivity contribution in [3.8, 4) is 0 Å². The van der Waals surface area contributed by atoms with Gasteiger partial charge >= 0.3 is 0 Å². The zero-order valence-corrected chi connectivity index (χ0v) is 14.0. The molecule has 1 saturated heterocycles. The molecule has 3 rings (SSSR count). The van der Waals surface area contributed by atoms with Crippen molar-refractivity contribution in [3.63, 3.8) is 0 Å². The minimum Gasteiger partial charge on any atom is -0.360 e. The number of nitrogens with one attached hydrogen (secondary N) is 2. The standard InChI is InChI=1S/C16H20ClN5O/c1-16(2)22-13(10-23-16)5-3-11-4-6-14(18-7-11)21-15-19-8-12(17)9-20-15/h4,6-9,13,22H,3,5,10H2,1-2H3,(H,18,19,20,21). The average molecular weight is 334 g/mol. The van der Waals surface area contributed by atoms with E-state index >= 15 is 0 Å². The van der Waals surface area contributed by atoms with Crippen LogP contribution in [0.25, 0.3) is 0 Å². The maximum Gasteiger partial charge on any atom is 0.228 e. The van der Waals surface area contributed by atoms with Crippen molar-refractivity contribution >= 4 is 23.4 Å². The van der Waals surface area contributed by atoms with Gasteiger partial charge in [0.05, 0.1) is 24.0 Å². The number of aryl methyl sites for hydroxylation is 1. The first-order valence-corrected chi connectivity index (χ1v) is 7.99. The van der Waals surface area contributed by atoms with Crippen LogP contribution in [-0.2, 0) is 11.2 Å². The molecule has 3 heterocycles. The zero-order valence-electron chi connectivity index (χ0n) is 13.2. The van der Waals surface area contributed by atoms with Gasteiger partial charge in [-0.15, -0.1) is 0 Å². The number of hydrogen-bond donors (Lipinski definition) is 2. The van der Waals surface area contributed by atoms with Gasteiger partial charge in [-0.3, -0.25) is 5.32 Å². The summed E-state index contributed by atoms with van der Waals surface area (Å²) in [5.74, 6) is 1.18. The van der Waals surface area contributed by atoms with Gasteiger partial charge in [0.2, 0.25) is 5.95 Å². The predicted molar refractivity (Wildman–Crippen MR) is 89.8 cm³/mol. The fraction of sp³-hybridized carbons (Fsp3) is 0.438. The molecule has 23 heavy (non-hydrogen) atoms. The van der Waals surface area contributed by atoms with E-state index in [1.54, 1.807) is 12.4 Å². The smallest absolute Gasteiger partial charge is 0.228 e. The first kappa shape index (κ1) is 16.1. The Kier molecular flexibility index (Phi) is 4.75. The summed E-state index contributed by atoms with van der Waals surface area (Å²) in [4.78, 5) is 12.6. The van der Waals surface area contributed by atoms with Gasteiger partial charge in [-0.05, 0) is 38.3 Å². The van der Waals surface area contributed by atoms with E-state index in [9.17, 15) is 0 Å². The van der Waals surface area contributed by atoms with Crippen molar-refractivity contribution in [2.24, 2.45) is 0 Å². The molecule has 0 radical (unpaired) electrons. The molecule has 1 fully saturated rings. The van der Waals surface area contributed by atoms with Crippen molar-refractivity contribution in [2.45, 2.75) is 38.5 Å². The molecule has 0 aromatic carbocycles. The minimum absolute atomic E-state index is 0.213. The maximum atomic E-state index is 5.76. The number of aromatic nitrogens is 3. The second-order valence-electron chi connectivity index (χ2n) is 6.10. The highest BCUT2D eigenvalue weighted by Crippen LogP contribution is 2.18. The van der Waals surface area contributed by atoms with Gasteiger partial charge < -0.3 is 10.1 Å². The molecule has 0 aliphatic carbocycles. The number of halogens is 1. The monoisotopic (exact) mass is 333 g/mol. The van der Waals surface area contributed by atoms with Crippen LogP contribution in [0.15, 0.2) is 30.7 Å². The van der Waals surface area contributed by atoms with Crippen LogP contribution in [0, 0.1) is 0 Å². The maximum absolute atomic E-state index is 5.76. The summed E-state index contributed by atoms with van der Waals surface area (Å²) < 4.78 is 5.68. The topological polar surface area (TPSA) is 72.0 Å². The Morgan fingerprint density at radius 2 is 2.04 bits per heavy atom. The molecule has 1 atom stereocenters. The lowest BCUT2D eigenvalue weighted by Crippen LogP contribution is -2.38. The van der Waals surface area contributed by atoms with Crippen LogP contribution in [0.3, 0.4) is 0 Å². The Bertz CT molecular complexity index is 645. The summed E-state index contributed by atoms with van der Waals surface area (Å²) in [5.41, 5.74) is 0.981. The number of anilines is 2. The SMILES string of the molecule is CC1(C)NC(CCc2ccc(Nc3ncc(Cl)cn3)nc2)CO1. The average Bonchev–Trinajstić information content (AvgIpc) is 2.88. The Balaban J connectivity index is 1.52. The van der Waals surface area contributed by atoms with Gasteiger partial charge in [0.25, 0.3) is 0 Å². The molecule has 122 valence electrons. The van der Waals surface area contributed by atoms with Crippen molar-refractivity contribution in [2.75, 3.05) is 11.9 Å². The summed E-state index contributed by atoms with van der Waals surface area (Å²) in [6.45, 7) is 4.86. The molecule has 6 nitrogen and oxygen atoms in total. The first-order valence-electron chi connectivity index (χ1n) is 7.61. The highest BCUT2D eigenvalue weighted by atomic mass is 35.5. The van der Waals surface area contributed by atoms with E-state index in [0.29, 0.717) is 22.8 Å². The lowest BCUT2D eigenvalue weighted by atomic mass is 10.1. The van der Waals surface area contributed by atoms with Crippen LogP contribution in [0.1, 0.15) is 25.8 Å². The number of nitrogens with zero attached hydrogens (tertiary/aromatic N) is 3. The number of rotatable bonds is 5. The normalized spacial score (nSPS) is 19.7. The van der Waals surface area contributed by atoms with Gasteiger partial charge in [0.15, 0.2) is 0 Å². The van der Waals surface area contributed by atoms with E-state index < -0.39 is 0 Å². The van der Waals surface area contributed by atoms with E-state index in [1.165, 1.54) is 5.56 Å². The lowest BCUT2D eigenvalue weighted by molar-refractivity contribution is 0.0231. The van der Waals surface area contributed by atoms with E-state index in [-0.39, 0.29) is 5.72 Å². The van der Waals surface area contributed by atoms with Crippen LogP contribution in [0.2, 0.25) is 5.02 Å². The van der Waals surface area contributed by atoms with Crippen LogP contribution in [-0.4, -0.2) is 33.3 Å². The molecule has 2 N–H and O–H groups in total. The molecule has 2 aromatic rings. The molecule has 0 saturated carbocycles. The largest absolute Gasteiger partial charge is 0.360 e. The van der Waals surface area contributed by atoms with Crippen molar-refractivity contribution in [3.05, 3.63) is 41.3 Å².